The van der Waals surface area contributed by atoms with E-state index in [0.717, 1.165) is 4.90 Å². The van der Waals surface area contributed by atoms with Crippen molar-refractivity contribution in [1.82, 2.24) is 0 Å². The van der Waals surface area contributed by atoms with Gasteiger partial charge in [-0.3, -0.25) is 4.79 Å². The van der Waals surface area contributed by atoms with Crippen molar-refractivity contribution in [3.05, 3.63) is 28.2 Å². The third-order valence-electron chi connectivity index (χ3n) is 2.46. The van der Waals surface area contributed by atoms with Crippen molar-refractivity contribution in [2.75, 3.05) is 5.75 Å². The van der Waals surface area contributed by atoms with Crippen LogP contribution in [0, 0.1) is 5.41 Å². The first-order valence-electron chi connectivity index (χ1n) is 5.14. The van der Waals surface area contributed by atoms with Gasteiger partial charge >= 0.3 is 5.97 Å². The first-order valence-corrected chi connectivity index (χ1v) is 6.88. The van der Waals surface area contributed by atoms with E-state index in [1.807, 2.05) is 0 Å². The molecule has 0 radical (unpaired) electrons. The molecule has 94 valence electrons. The van der Waals surface area contributed by atoms with Gasteiger partial charge in [-0.15, -0.1) is 11.8 Å². The predicted molar refractivity (Wildman–Crippen MR) is 73.2 cm³/mol. The molecule has 0 saturated carbocycles. The van der Waals surface area contributed by atoms with E-state index in [4.69, 9.17) is 28.3 Å². The highest BCUT2D eigenvalue weighted by atomic mass is 35.5. The number of carbonyl (C=O) groups is 1. The summed E-state index contributed by atoms with van der Waals surface area (Å²) >= 11 is 13.4. The zero-order chi connectivity index (χ0) is 13.1. The minimum atomic E-state index is -0.782. The Labute approximate surface area is 115 Å². The van der Waals surface area contributed by atoms with Crippen molar-refractivity contribution >= 4 is 40.9 Å². The number of halogens is 2. The molecule has 0 unspecified atom stereocenters. The van der Waals surface area contributed by atoms with Crippen LogP contribution in [0.2, 0.25) is 10.0 Å². The molecule has 17 heavy (non-hydrogen) atoms. The average molecular weight is 293 g/mol. The standard InChI is InChI=1S/C12H14Cl2O2S/c1-12(2,11(15)16)5-6-17-10-7-8(13)3-4-9(10)14/h3-4,7H,5-6H2,1-2H3,(H,15,16). The molecule has 0 amide bonds. The summed E-state index contributed by atoms with van der Waals surface area (Å²) in [7, 11) is 0. The van der Waals surface area contributed by atoms with E-state index in [0.29, 0.717) is 22.2 Å². The van der Waals surface area contributed by atoms with Crippen molar-refractivity contribution < 1.29 is 9.90 Å². The number of thioether (sulfide) groups is 1. The lowest BCUT2D eigenvalue weighted by atomic mass is 9.91. The maximum atomic E-state index is 10.9. The van der Waals surface area contributed by atoms with Crippen LogP contribution in [-0.4, -0.2) is 16.8 Å². The van der Waals surface area contributed by atoms with E-state index in [9.17, 15) is 4.79 Å². The summed E-state index contributed by atoms with van der Waals surface area (Å²) in [5.74, 6) is -0.0883. The molecule has 1 rings (SSSR count). The molecular formula is C12H14Cl2O2S. The fourth-order valence-electron chi connectivity index (χ4n) is 1.11. The predicted octanol–water partition coefficient (Wildman–Crippen LogP) is 4.59. The maximum Gasteiger partial charge on any atom is 0.309 e. The highest BCUT2D eigenvalue weighted by Crippen LogP contribution is 2.32. The van der Waals surface area contributed by atoms with Crippen LogP contribution in [0.4, 0.5) is 0 Å². The van der Waals surface area contributed by atoms with Gasteiger partial charge in [0.2, 0.25) is 0 Å². The first-order chi connectivity index (χ1) is 7.83. The molecule has 1 N–H and O–H groups in total. The molecule has 0 spiro atoms. The van der Waals surface area contributed by atoms with Gasteiger partial charge in [0.25, 0.3) is 0 Å². The number of hydrogen-bond acceptors (Lipinski definition) is 2. The molecule has 0 bridgehead atoms. The normalized spacial score (nSPS) is 11.5. The molecular weight excluding hydrogens is 279 g/mol. The third-order valence-corrected chi connectivity index (χ3v) is 4.19. The van der Waals surface area contributed by atoms with Gasteiger partial charge in [-0.05, 0) is 44.2 Å². The van der Waals surface area contributed by atoms with Crippen molar-refractivity contribution in [3.63, 3.8) is 0 Å². The monoisotopic (exact) mass is 292 g/mol. The van der Waals surface area contributed by atoms with Crippen molar-refractivity contribution in [2.24, 2.45) is 5.41 Å². The van der Waals surface area contributed by atoms with Crippen LogP contribution >= 0.6 is 35.0 Å². The molecule has 0 saturated heterocycles. The van der Waals surface area contributed by atoms with Gasteiger partial charge in [0.15, 0.2) is 0 Å². The second kappa shape index (κ2) is 5.98. The second-order valence-electron chi connectivity index (χ2n) is 4.36. The smallest absolute Gasteiger partial charge is 0.309 e. The lowest BCUT2D eigenvalue weighted by molar-refractivity contribution is -0.146. The number of benzene rings is 1. The number of hydrogen-bond donors (Lipinski definition) is 1. The van der Waals surface area contributed by atoms with E-state index in [1.165, 1.54) is 11.8 Å². The molecule has 0 aromatic heterocycles. The molecule has 0 heterocycles. The SMILES string of the molecule is CC(C)(CCSc1cc(Cl)ccc1Cl)C(=O)O. The Morgan fingerprint density at radius 1 is 1.41 bits per heavy atom. The summed E-state index contributed by atoms with van der Waals surface area (Å²) in [5.41, 5.74) is -0.710. The van der Waals surface area contributed by atoms with Crippen LogP contribution in [0.1, 0.15) is 20.3 Å². The minimum absolute atomic E-state index is 0.579. The van der Waals surface area contributed by atoms with Crippen LogP contribution in [0.5, 0.6) is 0 Å². The number of carboxylic acid groups (broad SMARTS) is 1. The van der Waals surface area contributed by atoms with E-state index >= 15 is 0 Å². The Morgan fingerprint density at radius 2 is 2.06 bits per heavy atom. The van der Waals surface area contributed by atoms with Crippen LogP contribution in [0.25, 0.3) is 0 Å². The van der Waals surface area contributed by atoms with Crippen LogP contribution in [0.15, 0.2) is 23.1 Å². The second-order valence-corrected chi connectivity index (χ2v) is 6.34. The lowest BCUT2D eigenvalue weighted by Gasteiger charge is -2.18. The number of carboxylic acids is 1. The van der Waals surface area contributed by atoms with Gasteiger partial charge in [-0.2, -0.15) is 0 Å². The summed E-state index contributed by atoms with van der Waals surface area (Å²) in [4.78, 5) is 11.8. The van der Waals surface area contributed by atoms with Crippen LogP contribution in [-0.2, 0) is 4.79 Å². The third kappa shape index (κ3) is 4.41. The van der Waals surface area contributed by atoms with Crippen molar-refractivity contribution in [3.8, 4) is 0 Å². The Kier molecular flexibility index (Phi) is 5.17. The largest absolute Gasteiger partial charge is 0.481 e. The molecule has 1 aromatic carbocycles. The van der Waals surface area contributed by atoms with Gasteiger partial charge in [0.05, 0.1) is 10.4 Å². The highest BCUT2D eigenvalue weighted by Gasteiger charge is 2.26. The number of rotatable bonds is 5. The molecule has 0 aliphatic heterocycles. The quantitative estimate of drug-likeness (QED) is 0.807. The number of aliphatic carboxylic acids is 1. The van der Waals surface area contributed by atoms with Gasteiger partial charge in [-0.1, -0.05) is 23.2 Å². The first kappa shape index (κ1) is 14.7. The summed E-state index contributed by atoms with van der Waals surface area (Å²) in [6, 6.07) is 5.27. The van der Waals surface area contributed by atoms with E-state index in [1.54, 1.807) is 32.0 Å². The van der Waals surface area contributed by atoms with Gasteiger partial charge in [0, 0.05) is 9.92 Å². The zero-order valence-corrected chi connectivity index (χ0v) is 12.0. The molecule has 0 atom stereocenters. The summed E-state index contributed by atoms with van der Waals surface area (Å²) in [6.45, 7) is 3.44. The Morgan fingerprint density at radius 3 is 2.65 bits per heavy atom. The van der Waals surface area contributed by atoms with E-state index < -0.39 is 11.4 Å². The highest BCUT2D eigenvalue weighted by molar-refractivity contribution is 7.99. The molecule has 0 aliphatic carbocycles. The van der Waals surface area contributed by atoms with E-state index in [2.05, 4.69) is 0 Å². The van der Waals surface area contributed by atoms with E-state index in [-0.39, 0.29) is 0 Å². The van der Waals surface area contributed by atoms with Gasteiger partial charge in [-0.25, -0.2) is 0 Å². The van der Waals surface area contributed by atoms with Crippen LogP contribution < -0.4 is 0 Å². The van der Waals surface area contributed by atoms with Crippen LogP contribution in [0.3, 0.4) is 0 Å². The molecule has 2 nitrogen and oxygen atoms in total. The summed E-state index contributed by atoms with van der Waals surface area (Å²) in [5, 5.41) is 10.3. The zero-order valence-electron chi connectivity index (χ0n) is 9.67. The average Bonchev–Trinajstić information content (AvgIpc) is 2.22. The lowest BCUT2D eigenvalue weighted by Crippen LogP contribution is -2.24. The van der Waals surface area contributed by atoms with Crippen molar-refractivity contribution in [2.45, 2.75) is 25.2 Å². The summed E-state index contributed by atoms with van der Waals surface area (Å²) in [6.07, 6.45) is 0.579. The Hall–Kier alpha value is -0.380. The van der Waals surface area contributed by atoms with Gasteiger partial charge < -0.3 is 5.11 Å². The maximum absolute atomic E-state index is 10.9. The summed E-state index contributed by atoms with van der Waals surface area (Å²) < 4.78 is 0. The Bertz CT molecular complexity index is 419. The van der Waals surface area contributed by atoms with Crippen molar-refractivity contribution in [1.29, 1.82) is 0 Å². The van der Waals surface area contributed by atoms with Gasteiger partial charge in [0.1, 0.15) is 0 Å². The minimum Gasteiger partial charge on any atom is -0.481 e. The molecule has 0 aliphatic rings. The molecule has 5 heteroatoms. The fraction of sp³-hybridized carbons (Fsp3) is 0.417. The molecule has 1 aromatic rings. The topological polar surface area (TPSA) is 37.3 Å². The Balaban J connectivity index is 2.57. The fourth-order valence-corrected chi connectivity index (χ4v) is 2.88. The molecule has 0 fully saturated rings.